The van der Waals surface area contributed by atoms with Crippen LogP contribution in [0.25, 0.3) is 11.5 Å². The van der Waals surface area contributed by atoms with Gasteiger partial charge in [0.2, 0.25) is 16.9 Å². The molecular formula is C20H20N6O2S. The molecule has 4 aromatic rings. The number of nitrogen functional groups attached to an aromatic ring is 1. The van der Waals surface area contributed by atoms with Crippen LogP contribution in [0.5, 0.6) is 5.75 Å². The second-order valence-electron chi connectivity index (χ2n) is 6.37. The van der Waals surface area contributed by atoms with E-state index in [2.05, 4.69) is 20.4 Å². The van der Waals surface area contributed by atoms with Crippen LogP contribution >= 0.6 is 11.8 Å². The number of hydrogen-bond acceptors (Lipinski definition) is 8. The van der Waals surface area contributed by atoms with E-state index in [-0.39, 0.29) is 5.25 Å². The first-order valence-corrected chi connectivity index (χ1v) is 9.90. The highest BCUT2D eigenvalue weighted by Crippen LogP contribution is 2.34. The molecule has 2 aromatic carbocycles. The van der Waals surface area contributed by atoms with E-state index in [0.29, 0.717) is 29.2 Å². The normalized spacial score (nSPS) is 12.1. The fourth-order valence-electron chi connectivity index (χ4n) is 2.74. The standard InChI is InChI=1S/C20H20N6O2S/c1-13(18-23-24-19(28-18)15-6-4-3-5-7-15)29-20-25-22-17(26(20)21)12-14-8-10-16(27-2)11-9-14/h3-11,13H,12,21H2,1-2H3/t13-/m1/s1. The lowest BCUT2D eigenvalue weighted by atomic mass is 10.1. The van der Waals surface area contributed by atoms with Crippen LogP contribution in [0.4, 0.5) is 0 Å². The number of hydrogen-bond donors (Lipinski definition) is 1. The maximum atomic E-state index is 6.21. The first-order valence-electron chi connectivity index (χ1n) is 9.02. The van der Waals surface area contributed by atoms with E-state index in [0.717, 1.165) is 16.9 Å². The topological polar surface area (TPSA) is 105 Å². The molecule has 8 nitrogen and oxygen atoms in total. The van der Waals surface area contributed by atoms with E-state index >= 15 is 0 Å². The zero-order valence-electron chi connectivity index (χ0n) is 16.0. The Morgan fingerprint density at radius 1 is 1.03 bits per heavy atom. The lowest BCUT2D eigenvalue weighted by Gasteiger charge is -2.07. The van der Waals surface area contributed by atoms with Crippen LogP contribution in [0.1, 0.15) is 29.5 Å². The van der Waals surface area contributed by atoms with Gasteiger partial charge in [0.15, 0.2) is 5.82 Å². The monoisotopic (exact) mass is 408 g/mol. The highest BCUT2D eigenvalue weighted by Gasteiger charge is 2.20. The minimum absolute atomic E-state index is 0.125. The second kappa shape index (κ2) is 8.36. The van der Waals surface area contributed by atoms with Crippen molar-refractivity contribution >= 4 is 11.8 Å². The Balaban J connectivity index is 1.45. The summed E-state index contributed by atoms with van der Waals surface area (Å²) in [6.45, 7) is 1.96. The summed E-state index contributed by atoms with van der Waals surface area (Å²) in [6, 6.07) is 17.4. The minimum atomic E-state index is -0.125. The summed E-state index contributed by atoms with van der Waals surface area (Å²) in [5.41, 5.74) is 1.95. The molecule has 2 heterocycles. The summed E-state index contributed by atoms with van der Waals surface area (Å²) in [4.78, 5) is 0. The van der Waals surface area contributed by atoms with Gasteiger partial charge in [-0.25, -0.2) is 4.68 Å². The van der Waals surface area contributed by atoms with Gasteiger partial charge in [0.05, 0.1) is 12.4 Å². The van der Waals surface area contributed by atoms with Crippen LogP contribution in [0, 0.1) is 0 Å². The fraction of sp³-hybridized carbons (Fsp3) is 0.200. The molecule has 2 aromatic heterocycles. The molecule has 0 bridgehead atoms. The predicted molar refractivity (Wildman–Crippen MR) is 110 cm³/mol. The molecule has 29 heavy (non-hydrogen) atoms. The zero-order valence-corrected chi connectivity index (χ0v) is 16.8. The quantitative estimate of drug-likeness (QED) is 0.366. The first kappa shape index (κ1) is 19.0. The van der Waals surface area contributed by atoms with Crippen LogP contribution in [-0.4, -0.2) is 32.2 Å². The number of rotatable bonds is 7. The largest absolute Gasteiger partial charge is 0.497 e. The van der Waals surface area contributed by atoms with E-state index in [1.54, 1.807) is 7.11 Å². The molecule has 0 aliphatic carbocycles. The average Bonchev–Trinajstić information content (AvgIpc) is 3.38. The van der Waals surface area contributed by atoms with Crippen molar-refractivity contribution < 1.29 is 9.15 Å². The minimum Gasteiger partial charge on any atom is -0.497 e. The van der Waals surface area contributed by atoms with Gasteiger partial charge in [-0.05, 0) is 36.8 Å². The van der Waals surface area contributed by atoms with Crippen molar-refractivity contribution in [2.75, 3.05) is 13.0 Å². The molecule has 0 spiro atoms. The third kappa shape index (κ3) is 4.24. The van der Waals surface area contributed by atoms with Crippen LogP contribution in [-0.2, 0) is 6.42 Å². The first-order chi connectivity index (χ1) is 14.1. The Kier molecular flexibility index (Phi) is 5.48. The molecule has 0 saturated carbocycles. The summed E-state index contributed by atoms with van der Waals surface area (Å²) < 4.78 is 12.5. The molecule has 148 valence electrons. The Hall–Kier alpha value is -3.33. The molecule has 0 aliphatic rings. The van der Waals surface area contributed by atoms with Crippen LogP contribution in [0.15, 0.2) is 64.2 Å². The molecule has 2 N–H and O–H groups in total. The van der Waals surface area contributed by atoms with Gasteiger partial charge >= 0.3 is 0 Å². The van der Waals surface area contributed by atoms with Gasteiger partial charge < -0.3 is 15.0 Å². The van der Waals surface area contributed by atoms with E-state index in [1.807, 2.05) is 61.5 Å². The zero-order chi connectivity index (χ0) is 20.2. The maximum absolute atomic E-state index is 6.21. The van der Waals surface area contributed by atoms with Crippen molar-refractivity contribution in [3.63, 3.8) is 0 Å². The molecular weight excluding hydrogens is 388 g/mol. The van der Waals surface area contributed by atoms with E-state index < -0.39 is 0 Å². The smallest absolute Gasteiger partial charge is 0.247 e. The van der Waals surface area contributed by atoms with Gasteiger partial charge in [0.1, 0.15) is 5.75 Å². The van der Waals surface area contributed by atoms with Gasteiger partial charge in [-0.3, -0.25) is 0 Å². The summed E-state index contributed by atoms with van der Waals surface area (Å²) in [7, 11) is 1.64. The second-order valence-corrected chi connectivity index (χ2v) is 7.67. The number of thioether (sulfide) groups is 1. The SMILES string of the molecule is COc1ccc(Cc2nnc(S[C@H](C)c3nnc(-c4ccccc4)o3)n2N)cc1. The summed E-state index contributed by atoms with van der Waals surface area (Å²) in [5.74, 6) is 8.68. The fourth-order valence-corrected chi connectivity index (χ4v) is 3.56. The van der Waals surface area contributed by atoms with Crippen LogP contribution in [0.3, 0.4) is 0 Å². The van der Waals surface area contributed by atoms with Crippen LogP contribution in [0.2, 0.25) is 0 Å². The molecule has 0 amide bonds. The lowest BCUT2D eigenvalue weighted by molar-refractivity contribution is 0.414. The summed E-state index contributed by atoms with van der Waals surface area (Å²) in [6.07, 6.45) is 0.571. The van der Waals surface area contributed by atoms with Crippen LogP contribution < -0.4 is 10.6 Å². The average molecular weight is 408 g/mol. The Morgan fingerprint density at radius 2 is 1.79 bits per heavy atom. The van der Waals surface area contributed by atoms with Gasteiger partial charge in [-0.1, -0.05) is 42.1 Å². The van der Waals surface area contributed by atoms with E-state index in [1.165, 1.54) is 16.4 Å². The Bertz CT molecular complexity index is 1080. The molecule has 9 heteroatoms. The van der Waals surface area contributed by atoms with Crippen molar-refractivity contribution in [2.24, 2.45) is 0 Å². The molecule has 0 saturated heterocycles. The van der Waals surface area contributed by atoms with Gasteiger partial charge in [-0.2, -0.15) is 0 Å². The number of methoxy groups -OCH3 is 1. The van der Waals surface area contributed by atoms with Gasteiger partial charge in [-0.15, -0.1) is 20.4 Å². The molecule has 0 aliphatic heterocycles. The predicted octanol–water partition coefficient (Wildman–Crippen LogP) is 3.49. The lowest BCUT2D eigenvalue weighted by Crippen LogP contribution is -2.14. The third-order valence-corrected chi connectivity index (χ3v) is 5.39. The van der Waals surface area contributed by atoms with Crippen molar-refractivity contribution in [2.45, 2.75) is 23.8 Å². The summed E-state index contributed by atoms with van der Waals surface area (Å²) in [5, 5.41) is 17.2. The number of nitrogens with zero attached hydrogens (tertiary/aromatic N) is 5. The van der Waals surface area contributed by atoms with E-state index in [4.69, 9.17) is 15.0 Å². The Labute approximate surface area is 172 Å². The Morgan fingerprint density at radius 3 is 2.52 bits per heavy atom. The summed E-state index contributed by atoms with van der Waals surface area (Å²) >= 11 is 1.42. The maximum Gasteiger partial charge on any atom is 0.247 e. The molecule has 4 rings (SSSR count). The molecule has 0 radical (unpaired) electrons. The van der Waals surface area contributed by atoms with Crippen molar-refractivity contribution in [1.82, 2.24) is 25.1 Å². The molecule has 0 fully saturated rings. The highest BCUT2D eigenvalue weighted by atomic mass is 32.2. The number of nitrogens with two attached hydrogens (primary N) is 1. The number of ether oxygens (including phenoxy) is 1. The number of benzene rings is 2. The van der Waals surface area contributed by atoms with Crippen molar-refractivity contribution in [1.29, 1.82) is 0 Å². The van der Waals surface area contributed by atoms with Crippen molar-refractivity contribution in [3.05, 3.63) is 71.9 Å². The van der Waals surface area contributed by atoms with Crippen molar-refractivity contribution in [3.8, 4) is 17.2 Å². The third-order valence-electron chi connectivity index (χ3n) is 4.35. The van der Waals surface area contributed by atoms with Gasteiger partial charge in [0, 0.05) is 12.0 Å². The molecule has 1 atom stereocenters. The number of aromatic nitrogens is 5. The molecule has 0 unspecified atom stereocenters. The highest BCUT2D eigenvalue weighted by molar-refractivity contribution is 7.99. The van der Waals surface area contributed by atoms with E-state index in [9.17, 15) is 0 Å². The van der Waals surface area contributed by atoms with Gasteiger partial charge in [0.25, 0.3) is 0 Å².